The number of nitrogens with one attached hydrogen (secondary N) is 1. The van der Waals surface area contributed by atoms with Crippen LogP contribution in [0.1, 0.15) is 22.5 Å². The first kappa shape index (κ1) is 13.7. The minimum atomic E-state index is -0.135. The smallest absolute Gasteiger partial charge is 0.270 e. The van der Waals surface area contributed by atoms with Gasteiger partial charge >= 0.3 is 0 Å². The lowest BCUT2D eigenvalue weighted by Crippen LogP contribution is -2.26. The lowest BCUT2D eigenvalue weighted by atomic mass is 10.1. The minimum Gasteiger partial charge on any atom is -0.351 e. The van der Waals surface area contributed by atoms with Gasteiger partial charge in [0.15, 0.2) is 0 Å². The Balaban J connectivity index is 2.11. The summed E-state index contributed by atoms with van der Waals surface area (Å²) in [5.74, 6) is -0.135. The zero-order valence-corrected chi connectivity index (χ0v) is 11.7. The first-order valence-corrected chi connectivity index (χ1v) is 7.10. The van der Waals surface area contributed by atoms with Crippen molar-refractivity contribution in [1.82, 2.24) is 10.3 Å². The quantitative estimate of drug-likeness (QED) is 0.822. The second kappa shape index (κ2) is 6.45. The van der Waals surface area contributed by atoms with Crippen LogP contribution in [0, 0.1) is 6.92 Å². The number of aryl methyl sites for hydroxylation is 1. The standard InChI is InChI=1S/C14H17N3OS/c1-10-5-2-3-6-11(10)14-17-12(9-19-14)13(18)16-8-4-7-15/h2-3,5-6,9H,4,7-8,15H2,1H3,(H,16,18). The van der Waals surface area contributed by atoms with Crippen LogP contribution in [0.2, 0.25) is 0 Å². The van der Waals surface area contributed by atoms with Gasteiger partial charge in [-0.15, -0.1) is 11.3 Å². The van der Waals surface area contributed by atoms with Crippen LogP contribution >= 0.6 is 11.3 Å². The van der Waals surface area contributed by atoms with Crippen LogP contribution in [0.15, 0.2) is 29.6 Å². The molecule has 0 unspecified atom stereocenters. The number of hydrogen-bond acceptors (Lipinski definition) is 4. The highest BCUT2D eigenvalue weighted by Gasteiger charge is 2.12. The maximum absolute atomic E-state index is 11.8. The Morgan fingerprint density at radius 1 is 1.42 bits per heavy atom. The Bertz CT molecular complexity index is 565. The maximum Gasteiger partial charge on any atom is 0.270 e. The Kier molecular flexibility index (Phi) is 4.65. The molecule has 1 aromatic carbocycles. The second-order valence-corrected chi connectivity index (χ2v) is 5.11. The third kappa shape index (κ3) is 3.39. The van der Waals surface area contributed by atoms with E-state index in [1.54, 1.807) is 5.38 Å². The zero-order chi connectivity index (χ0) is 13.7. The SMILES string of the molecule is Cc1ccccc1-c1nc(C(=O)NCCCN)cs1. The third-order valence-corrected chi connectivity index (χ3v) is 3.65. The van der Waals surface area contributed by atoms with Gasteiger partial charge in [-0.1, -0.05) is 24.3 Å². The fraction of sp³-hybridized carbons (Fsp3) is 0.286. The van der Waals surface area contributed by atoms with E-state index in [9.17, 15) is 4.79 Å². The lowest BCUT2D eigenvalue weighted by Gasteiger charge is -2.02. The fourth-order valence-corrected chi connectivity index (χ4v) is 2.60. The average Bonchev–Trinajstić information content (AvgIpc) is 2.89. The van der Waals surface area contributed by atoms with E-state index >= 15 is 0 Å². The molecule has 0 atom stereocenters. The number of hydrogen-bond donors (Lipinski definition) is 2. The molecular weight excluding hydrogens is 258 g/mol. The van der Waals surface area contributed by atoms with E-state index in [0.29, 0.717) is 18.8 Å². The van der Waals surface area contributed by atoms with Crippen LogP contribution < -0.4 is 11.1 Å². The topological polar surface area (TPSA) is 68.0 Å². The maximum atomic E-state index is 11.8. The molecule has 1 amide bonds. The summed E-state index contributed by atoms with van der Waals surface area (Å²) < 4.78 is 0. The predicted octanol–water partition coefficient (Wildman–Crippen LogP) is 2.20. The lowest BCUT2D eigenvalue weighted by molar-refractivity contribution is 0.0949. The van der Waals surface area contributed by atoms with E-state index < -0.39 is 0 Å². The summed E-state index contributed by atoms with van der Waals surface area (Å²) in [7, 11) is 0. The summed E-state index contributed by atoms with van der Waals surface area (Å²) in [6.07, 6.45) is 0.778. The summed E-state index contributed by atoms with van der Waals surface area (Å²) in [5, 5.41) is 5.47. The first-order chi connectivity index (χ1) is 9.22. The van der Waals surface area contributed by atoms with Crippen molar-refractivity contribution in [3.8, 4) is 10.6 Å². The highest BCUT2D eigenvalue weighted by Crippen LogP contribution is 2.26. The summed E-state index contributed by atoms with van der Waals surface area (Å²) in [4.78, 5) is 16.2. The van der Waals surface area contributed by atoms with Crippen molar-refractivity contribution in [2.45, 2.75) is 13.3 Å². The first-order valence-electron chi connectivity index (χ1n) is 6.22. The normalized spacial score (nSPS) is 10.4. The Labute approximate surface area is 116 Å². The van der Waals surface area contributed by atoms with Crippen LogP contribution in [-0.4, -0.2) is 24.0 Å². The molecule has 1 aromatic heterocycles. The highest BCUT2D eigenvalue weighted by atomic mass is 32.1. The van der Waals surface area contributed by atoms with Gasteiger partial charge in [-0.3, -0.25) is 4.79 Å². The monoisotopic (exact) mass is 275 g/mol. The second-order valence-electron chi connectivity index (χ2n) is 4.25. The van der Waals surface area contributed by atoms with E-state index in [-0.39, 0.29) is 5.91 Å². The number of carbonyl (C=O) groups excluding carboxylic acids is 1. The van der Waals surface area contributed by atoms with E-state index in [1.807, 2.05) is 31.2 Å². The van der Waals surface area contributed by atoms with Gasteiger partial charge in [0, 0.05) is 17.5 Å². The molecule has 0 spiro atoms. The van der Waals surface area contributed by atoms with Crippen molar-refractivity contribution < 1.29 is 4.79 Å². The molecule has 19 heavy (non-hydrogen) atoms. The molecule has 5 heteroatoms. The summed E-state index contributed by atoms with van der Waals surface area (Å²) in [6.45, 7) is 3.20. The van der Waals surface area contributed by atoms with Crippen LogP contribution in [0.25, 0.3) is 10.6 Å². The molecule has 2 rings (SSSR count). The largest absolute Gasteiger partial charge is 0.351 e. The van der Waals surface area contributed by atoms with Crippen molar-refractivity contribution in [3.63, 3.8) is 0 Å². The average molecular weight is 275 g/mol. The molecule has 2 aromatic rings. The molecule has 1 heterocycles. The Morgan fingerprint density at radius 2 is 2.21 bits per heavy atom. The number of benzene rings is 1. The molecule has 0 aliphatic rings. The molecule has 0 aliphatic heterocycles. The molecule has 4 nitrogen and oxygen atoms in total. The van der Waals surface area contributed by atoms with Gasteiger partial charge in [0.2, 0.25) is 0 Å². The molecule has 3 N–H and O–H groups in total. The highest BCUT2D eigenvalue weighted by molar-refractivity contribution is 7.13. The van der Waals surface area contributed by atoms with Crippen molar-refractivity contribution in [2.75, 3.05) is 13.1 Å². The van der Waals surface area contributed by atoms with E-state index in [0.717, 1.165) is 22.6 Å². The molecule has 100 valence electrons. The predicted molar refractivity (Wildman–Crippen MR) is 78.3 cm³/mol. The van der Waals surface area contributed by atoms with Crippen molar-refractivity contribution in [2.24, 2.45) is 5.73 Å². The van der Waals surface area contributed by atoms with Crippen molar-refractivity contribution >= 4 is 17.2 Å². The molecule has 0 aliphatic carbocycles. The number of nitrogens with zero attached hydrogens (tertiary/aromatic N) is 1. The minimum absolute atomic E-state index is 0.135. The van der Waals surface area contributed by atoms with E-state index in [1.165, 1.54) is 11.3 Å². The number of rotatable bonds is 5. The van der Waals surface area contributed by atoms with Gasteiger partial charge in [-0.25, -0.2) is 4.98 Å². The van der Waals surface area contributed by atoms with Gasteiger partial charge < -0.3 is 11.1 Å². The van der Waals surface area contributed by atoms with Crippen LogP contribution in [0.4, 0.5) is 0 Å². The molecule has 0 fully saturated rings. The van der Waals surface area contributed by atoms with Gasteiger partial charge in [0.1, 0.15) is 10.7 Å². The molecule has 0 radical (unpaired) electrons. The zero-order valence-electron chi connectivity index (χ0n) is 10.8. The number of amides is 1. The van der Waals surface area contributed by atoms with Crippen LogP contribution in [-0.2, 0) is 0 Å². The van der Waals surface area contributed by atoms with Gasteiger partial charge in [0.05, 0.1) is 0 Å². The summed E-state index contributed by atoms with van der Waals surface area (Å²) in [6, 6.07) is 8.03. The number of aromatic nitrogens is 1. The number of thiazole rings is 1. The molecule has 0 bridgehead atoms. The Morgan fingerprint density at radius 3 is 2.95 bits per heavy atom. The summed E-state index contributed by atoms with van der Waals surface area (Å²) in [5.41, 5.74) is 8.09. The number of carbonyl (C=O) groups is 1. The van der Waals surface area contributed by atoms with Gasteiger partial charge in [-0.2, -0.15) is 0 Å². The van der Waals surface area contributed by atoms with Crippen LogP contribution in [0.3, 0.4) is 0 Å². The van der Waals surface area contributed by atoms with E-state index in [4.69, 9.17) is 5.73 Å². The van der Waals surface area contributed by atoms with Crippen molar-refractivity contribution in [3.05, 3.63) is 40.9 Å². The molecular formula is C14H17N3OS. The van der Waals surface area contributed by atoms with E-state index in [2.05, 4.69) is 10.3 Å². The van der Waals surface area contributed by atoms with Crippen molar-refractivity contribution in [1.29, 1.82) is 0 Å². The summed E-state index contributed by atoms with van der Waals surface area (Å²) >= 11 is 1.49. The number of nitrogens with two attached hydrogens (primary N) is 1. The molecule has 0 saturated carbocycles. The Hall–Kier alpha value is -1.72. The van der Waals surface area contributed by atoms with Gasteiger partial charge in [-0.05, 0) is 25.5 Å². The van der Waals surface area contributed by atoms with Gasteiger partial charge in [0.25, 0.3) is 5.91 Å². The van der Waals surface area contributed by atoms with Crippen LogP contribution in [0.5, 0.6) is 0 Å². The molecule has 0 saturated heterocycles. The third-order valence-electron chi connectivity index (χ3n) is 2.78. The fourth-order valence-electron chi connectivity index (χ4n) is 1.71.